The fourth-order valence-corrected chi connectivity index (χ4v) is 3.12. The van der Waals surface area contributed by atoms with Gasteiger partial charge in [-0.05, 0) is 43.5 Å². The summed E-state index contributed by atoms with van der Waals surface area (Å²) < 4.78 is 0. The van der Waals surface area contributed by atoms with E-state index in [1.165, 1.54) is 0 Å². The monoisotopic (exact) mass is 260 g/mol. The maximum atomic E-state index is 12.2. The van der Waals surface area contributed by atoms with Gasteiger partial charge in [-0.15, -0.1) is 0 Å². The number of benzene rings is 1. The van der Waals surface area contributed by atoms with Crippen molar-refractivity contribution in [1.82, 2.24) is 10.6 Å². The standard InChI is InChI=1S/C14H18N3O2/c15-10-4-3-9-6-13(14(19)16-12(9)7-10)17-5-1-2-11(17)8-18/h3-4,7,11,13,15,18H,1-2,5-6,8H2,(H,16,19)/t11-,13?/m0/s1. The zero-order valence-corrected chi connectivity index (χ0v) is 10.7. The molecule has 1 aromatic rings. The van der Waals surface area contributed by atoms with E-state index in [0.717, 1.165) is 30.6 Å². The van der Waals surface area contributed by atoms with Gasteiger partial charge in [0.1, 0.15) is 0 Å². The highest BCUT2D eigenvalue weighted by Crippen LogP contribution is 2.30. The van der Waals surface area contributed by atoms with Gasteiger partial charge in [0.25, 0.3) is 0 Å². The van der Waals surface area contributed by atoms with Crippen LogP contribution in [0.15, 0.2) is 18.2 Å². The number of nitrogens with zero attached hydrogens (tertiary/aromatic N) is 1. The highest BCUT2D eigenvalue weighted by Gasteiger charge is 2.37. The largest absolute Gasteiger partial charge is 0.395 e. The third kappa shape index (κ3) is 2.19. The maximum absolute atomic E-state index is 12.2. The van der Waals surface area contributed by atoms with Gasteiger partial charge in [-0.2, -0.15) is 0 Å². The van der Waals surface area contributed by atoms with Gasteiger partial charge in [0.2, 0.25) is 5.91 Å². The molecule has 1 aromatic carbocycles. The minimum absolute atomic E-state index is 0.0153. The molecule has 1 unspecified atom stereocenters. The minimum atomic E-state index is -0.191. The second kappa shape index (κ2) is 4.83. The normalized spacial score (nSPS) is 27.1. The molecule has 1 radical (unpaired) electrons. The van der Waals surface area contributed by atoms with Crippen LogP contribution in [-0.4, -0.2) is 41.1 Å². The molecule has 1 saturated heterocycles. The van der Waals surface area contributed by atoms with Crippen LogP contribution in [0.5, 0.6) is 0 Å². The van der Waals surface area contributed by atoms with Gasteiger partial charge >= 0.3 is 0 Å². The summed E-state index contributed by atoms with van der Waals surface area (Å²) in [5, 5.41) is 12.3. The first-order valence-electron chi connectivity index (χ1n) is 6.71. The number of carbonyl (C=O) groups is 1. The summed E-state index contributed by atoms with van der Waals surface area (Å²) in [5.74, 6) is -0.0153. The van der Waals surface area contributed by atoms with E-state index in [0.29, 0.717) is 12.1 Å². The van der Waals surface area contributed by atoms with Gasteiger partial charge in [0, 0.05) is 11.7 Å². The Balaban J connectivity index is 1.85. The van der Waals surface area contributed by atoms with Crippen molar-refractivity contribution >= 4 is 17.3 Å². The summed E-state index contributed by atoms with van der Waals surface area (Å²) >= 11 is 0. The van der Waals surface area contributed by atoms with E-state index in [9.17, 15) is 9.90 Å². The number of nitrogens with one attached hydrogen (secondary N) is 2. The minimum Gasteiger partial charge on any atom is -0.395 e. The van der Waals surface area contributed by atoms with Crippen LogP contribution in [0, 0.1) is 0 Å². The lowest BCUT2D eigenvalue weighted by Gasteiger charge is -2.34. The van der Waals surface area contributed by atoms with Crippen LogP contribution in [0.2, 0.25) is 0 Å². The lowest BCUT2D eigenvalue weighted by atomic mass is 9.97. The first-order chi connectivity index (χ1) is 9.19. The molecule has 0 bridgehead atoms. The molecule has 1 fully saturated rings. The molecule has 19 heavy (non-hydrogen) atoms. The molecule has 0 aromatic heterocycles. The van der Waals surface area contributed by atoms with E-state index in [4.69, 9.17) is 5.73 Å². The van der Waals surface area contributed by atoms with Crippen LogP contribution in [0.4, 0.5) is 11.4 Å². The van der Waals surface area contributed by atoms with E-state index >= 15 is 0 Å². The zero-order chi connectivity index (χ0) is 13.4. The van der Waals surface area contributed by atoms with Gasteiger partial charge < -0.3 is 16.2 Å². The number of rotatable bonds is 2. The molecule has 101 valence electrons. The second-order valence-electron chi connectivity index (χ2n) is 5.30. The van der Waals surface area contributed by atoms with E-state index in [2.05, 4.69) is 10.2 Å². The number of hydrogen-bond acceptors (Lipinski definition) is 3. The predicted molar refractivity (Wildman–Crippen MR) is 72.1 cm³/mol. The van der Waals surface area contributed by atoms with E-state index in [1.54, 1.807) is 12.1 Å². The smallest absolute Gasteiger partial charge is 0.242 e. The first kappa shape index (κ1) is 12.4. The number of hydrogen-bond donors (Lipinski definition) is 2. The number of amides is 1. The van der Waals surface area contributed by atoms with Crippen molar-refractivity contribution in [2.75, 3.05) is 18.5 Å². The van der Waals surface area contributed by atoms with Crippen molar-refractivity contribution in [2.24, 2.45) is 0 Å². The van der Waals surface area contributed by atoms with Gasteiger partial charge in [0.15, 0.2) is 0 Å². The number of anilines is 1. The van der Waals surface area contributed by atoms with Crippen molar-refractivity contribution in [3.63, 3.8) is 0 Å². The van der Waals surface area contributed by atoms with Crippen LogP contribution in [0.1, 0.15) is 18.4 Å². The topological polar surface area (TPSA) is 76.4 Å². The fraction of sp³-hybridized carbons (Fsp3) is 0.500. The summed E-state index contributed by atoms with van der Waals surface area (Å²) in [6.45, 7) is 0.984. The quantitative estimate of drug-likeness (QED) is 0.830. The molecule has 2 heterocycles. The molecular formula is C14H18N3O2. The summed E-state index contributed by atoms with van der Waals surface area (Å²) in [6, 6.07) is 5.27. The number of aliphatic hydroxyl groups excluding tert-OH is 1. The Morgan fingerprint density at radius 1 is 1.47 bits per heavy atom. The van der Waals surface area contributed by atoms with E-state index in [-0.39, 0.29) is 24.6 Å². The molecule has 2 aliphatic heterocycles. The zero-order valence-electron chi connectivity index (χ0n) is 10.7. The molecule has 0 spiro atoms. The predicted octanol–water partition coefficient (Wildman–Crippen LogP) is 0.921. The van der Waals surface area contributed by atoms with E-state index in [1.807, 2.05) is 6.07 Å². The number of fused-ring (bicyclic) bond motifs is 1. The summed E-state index contributed by atoms with van der Waals surface area (Å²) in [7, 11) is 0. The van der Waals surface area contributed by atoms with Crippen LogP contribution >= 0.6 is 0 Å². The van der Waals surface area contributed by atoms with Crippen molar-refractivity contribution in [1.29, 1.82) is 0 Å². The molecule has 3 rings (SSSR count). The maximum Gasteiger partial charge on any atom is 0.242 e. The summed E-state index contributed by atoms with van der Waals surface area (Å²) in [6.07, 6.45) is 2.66. The molecule has 2 aliphatic rings. The number of likely N-dealkylation sites (tertiary alicyclic amines) is 1. The molecular weight excluding hydrogens is 242 g/mol. The van der Waals surface area contributed by atoms with Crippen molar-refractivity contribution in [2.45, 2.75) is 31.3 Å². The number of aliphatic hydroxyl groups is 1. The summed E-state index contributed by atoms with van der Waals surface area (Å²) in [4.78, 5) is 14.3. The Hall–Kier alpha value is -1.59. The Morgan fingerprint density at radius 2 is 2.32 bits per heavy atom. The average molecular weight is 260 g/mol. The highest BCUT2D eigenvalue weighted by atomic mass is 16.3. The summed E-state index contributed by atoms with van der Waals surface area (Å²) in [5.41, 5.74) is 9.83. The van der Waals surface area contributed by atoms with Crippen LogP contribution in [0.3, 0.4) is 0 Å². The molecule has 0 aliphatic carbocycles. The fourth-order valence-electron chi connectivity index (χ4n) is 3.12. The Morgan fingerprint density at radius 3 is 3.11 bits per heavy atom. The van der Waals surface area contributed by atoms with Crippen LogP contribution < -0.4 is 11.1 Å². The molecule has 1 amide bonds. The lowest BCUT2D eigenvalue weighted by Crippen LogP contribution is -2.50. The molecule has 5 nitrogen and oxygen atoms in total. The molecule has 0 saturated carbocycles. The van der Waals surface area contributed by atoms with Crippen molar-refractivity contribution in [3.8, 4) is 0 Å². The van der Waals surface area contributed by atoms with Crippen LogP contribution in [-0.2, 0) is 11.2 Å². The average Bonchev–Trinajstić information content (AvgIpc) is 2.86. The van der Waals surface area contributed by atoms with Crippen molar-refractivity contribution < 1.29 is 9.90 Å². The van der Waals surface area contributed by atoms with E-state index < -0.39 is 0 Å². The van der Waals surface area contributed by atoms with Gasteiger partial charge in [-0.25, -0.2) is 0 Å². The Bertz CT molecular complexity index is 503. The SMILES string of the molecule is [NH]c1ccc2c(c1)NC(=O)C(N1CCC[C@H]1CO)C2. The van der Waals surface area contributed by atoms with Gasteiger partial charge in [-0.3, -0.25) is 9.69 Å². The van der Waals surface area contributed by atoms with Gasteiger partial charge in [0.05, 0.1) is 18.3 Å². The second-order valence-corrected chi connectivity index (χ2v) is 5.30. The molecule has 3 N–H and O–H groups in total. The van der Waals surface area contributed by atoms with Crippen molar-refractivity contribution in [3.05, 3.63) is 23.8 Å². The first-order valence-corrected chi connectivity index (χ1v) is 6.71. The highest BCUT2D eigenvalue weighted by molar-refractivity contribution is 5.98. The Labute approximate surface area is 112 Å². The molecule has 2 atom stereocenters. The molecule has 5 heteroatoms. The van der Waals surface area contributed by atoms with Gasteiger partial charge in [-0.1, -0.05) is 6.07 Å². The number of carbonyl (C=O) groups excluding carboxylic acids is 1. The Kier molecular flexibility index (Phi) is 3.16. The third-order valence-corrected chi connectivity index (χ3v) is 4.12. The third-order valence-electron chi connectivity index (χ3n) is 4.12. The van der Waals surface area contributed by atoms with Crippen LogP contribution in [0.25, 0.3) is 0 Å². The lowest BCUT2D eigenvalue weighted by molar-refractivity contribution is -0.122.